The Balaban J connectivity index is 1.67. The Kier molecular flexibility index (Phi) is 4.29. The highest BCUT2D eigenvalue weighted by atomic mass is 16.3. The van der Waals surface area contributed by atoms with E-state index in [1.165, 1.54) is 10.8 Å². The lowest BCUT2D eigenvalue weighted by Gasteiger charge is -2.21. The highest BCUT2D eigenvalue weighted by Crippen LogP contribution is 2.21. The summed E-state index contributed by atoms with van der Waals surface area (Å²) in [6.07, 6.45) is 0.883. The van der Waals surface area contributed by atoms with Crippen LogP contribution in [0.4, 0.5) is 4.79 Å². The maximum absolute atomic E-state index is 12.3. The predicted octanol–water partition coefficient (Wildman–Crippen LogP) is 2.92. The van der Waals surface area contributed by atoms with Crippen LogP contribution in [0.5, 0.6) is 0 Å². The smallest absolute Gasteiger partial charge is 0.317 e. The number of carbonyl (C=O) groups is 1. The first-order valence-electron chi connectivity index (χ1n) is 7.82. The van der Waals surface area contributed by atoms with Crippen LogP contribution >= 0.6 is 0 Å². The van der Waals surface area contributed by atoms with E-state index in [1.807, 2.05) is 19.1 Å². The molecule has 4 heteroatoms. The van der Waals surface area contributed by atoms with Crippen LogP contribution in [0.3, 0.4) is 0 Å². The lowest BCUT2D eigenvalue weighted by atomic mass is 10.0. The number of carbonyl (C=O) groups excluding carboxylic acids is 1. The molecule has 0 saturated carbocycles. The maximum Gasteiger partial charge on any atom is 0.317 e. The van der Waals surface area contributed by atoms with Crippen molar-refractivity contribution >= 4 is 16.8 Å². The Morgan fingerprint density at radius 2 is 2.09 bits per heavy atom. The molecule has 0 aliphatic carbocycles. The average Bonchev–Trinajstić information content (AvgIpc) is 3.03. The van der Waals surface area contributed by atoms with Gasteiger partial charge in [0.1, 0.15) is 0 Å². The van der Waals surface area contributed by atoms with Crippen LogP contribution < -0.4 is 5.32 Å². The summed E-state index contributed by atoms with van der Waals surface area (Å²) in [5.74, 6) is 0.224. The van der Waals surface area contributed by atoms with E-state index in [0.717, 1.165) is 18.5 Å². The number of likely N-dealkylation sites (tertiary alicyclic amines) is 1. The molecule has 2 aromatic rings. The van der Waals surface area contributed by atoms with Gasteiger partial charge in [-0.25, -0.2) is 4.79 Å². The van der Waals surface area contributed by atoms with Crippen molar-refractivity contribution in [2.45, 2.75) is 19.4 Å². The second-order valence-electron chi connectivity index (χ2n) is 6.06. The molecular formula is C18H22N2O2. The second-order valence-corrected chi connectivity index (χ2v) is 6.06. The van der Waals surface area contributed by atoms with Gasteiger partial charge in [0, 0.05) is 25.6 Å². The van der Waals surface area contributed by atoms with Crippen molar-refractivity contribution in [1.82, 2.24) is 10.2 Å². The molecule has 2 amide bonds. The van der Waals surface area contributed by atoms with Crippen molar-refractivity contribution in [3.05, 3.63) is 48.0 Å². The van der Waals surface area contributed by atoms with Gasteiger partial charge >= 0.3 is 6.03 Å². The molecular weight excluding hydrogens is 276 g/mol. The van der Waals surface area contributed by atoms with Crippen molar-refractivity contribution < 1.29 is 9.90 Å². The van der Waals surface area contributed by atoms with Crippen LogP contribution in [-0.2, 0) is 0 Å². The lowest BCUT2D eigenvalue weighted by Crippen LogP contribution is -2.39. The third kappa shape index (κ3) is 3.07. The summed E-state index contributed by atoms with van der Waals surface area (Å²) >= 11 is 0. The van der Waals surface area contributed by atoms with E-state index >= 15 is 0 Å². The molecule has 3 rings (SSSR count). The molecule has 2 unspecified atom stereocenters. The number of rotatable bonds is 3. The second kappa shape index (κ2) is 6.36. The fourth-order valence-electron chi connectivity index (χ4n) is 3.00. The number of aliphatic hydroxyl groups is 1. The van der Waals surface area contributed by atoms with E-state index < -0.39 is 0 Å². The molecule has 0 bridgehead atoms. The summed E-state index contributed by atoms with van der Waals surface area (Å²) in [4.78, 5) is 14.1. The van der Waals surface area contributed by atoms with Crippen LogP contribution in [0.2, 0.25) is 0 Å². The molecule has 1 aliphatic heterocycles. The van der Waals surface area contributed by atoms with Crippen LogP contribution in [0.1, 0.15) is 24.9 Å². The van der Waals surface area contributed by atoms with Crippen molar-refractivity contribution in [2.24, 2.45) is 5.92 Å². The first kappa shape index (κ1) is 14.9. The number of hydrogen-bond donors (Lipinski definition) is 2. The van der Waals surface area contributed by atoms with Gasteiger partial charge in [-0.05, 0) is 35.7 Å². The number of fused-ring (bicyclic) bond motifs is 1. The summed E-state index contributed by atoms with van der Waals surface area (Å²) in [6, 6.07) is 14.4. The Labute approximate surface area is 130 Å². The highest BCUT2D eigenvalue weighted by molar-refractivity contribution is 5.83. The largest absolute Gasteiger partial charge is 0.396 e. The molecule has 1 fully saturated rings. The molecule has 0 aromatic heterocycles. The van der Waals surface area contributed by atoms with E-state index in [-0.39, 0.29) is 24.6 Å². The Morgan fingerprint density at radius 1 is 1.32 bits per heavy atom. The molecule has 22 heavy (non-hydrogen) atoms. The van der Waals surface area contributed by atoms with E-state index in [0.29, 0.717) is 6.54 Å². The fraction of sp³-hybridized carbons (Fsp3) is 0.389. The van der Waals surface area contributed by atoms with Gasteiger partial charge in [0.2, 0.25) is 0 Å². The van der Waals surface area contributed by atoms with Gasteiger partial charge < -0.3 is 15.3 Å². The van der Waals surface area contributed by atoms with E-state index in [2.05, 4.69) is 35.6 Å². The molecule has 2 N–H and O–H groups in total. The zero-order valence-corrected chi connectivity index (χ0v) is 12.8. The number of aliphatic hydroxyl groups excluding tert-OH is 1. The monoisotopic (exact) mass is 298 g/mol. The molecule has 1 heterocycles. The number of amides is 2. The third-order valence-corrected chi connectivity index (χ3v) is 4.44. The first-order chi connectivity index (χ1) is 10.7. The molecule has 1 saturated heterocycles. The Hall–Kier alpha value is -2.07. The third-order valence-electron chi connectivity index (χ3n) is 4.44. The minimum atomic E-state index is -0.0448. The Morgan fingerprint density at radius 3 is 2.82 bits per heavy atom. The summed E-state index contributed by atoms with van der Waals surface area (Å²) in [5.41, 5.74) is 1.10. The summed E-state index contributed by atoms with van der Waals surface area (Å²) in [6.45, 7) is 3.53. The van der Waals surface area contributed by atoms with Crippen LogP contribution in [-0.4, -0.2) is 35.7 Å². The minimum absolute atomic E-state index is 0.0368. The minimum Gasteiger partial charge on any atom is -0.396 e. The SMILES string of the molecule is CC(NC(=O)N1CCC(CO)C1)c1ccc2ccccc2c1. The number of benzene rings is 2. The van der Waals surface area contributed by atoms with Crippen molar-refractivity contribution in [2.75, 3.05) is 19.7 Å². The van der Waals surface area contributed by atoms with Gasteiger partial charge in [0.05, 0.1) is 6.04 Å². The zero-order valence-electron chi connectivity index (χ0n) is 12.8. The Bertz CT molecular complexity index is 671. The zero-order chi connectivity index (χ0) is 15.5. The molecule has 116 valence electrons. The van der Waals surface area contributed by atoms with Crippen molar-refractivity contribution in [3.63, 3.8) is 0 Å². The predicted molar refractivity (Wildman–Crippen MR) is 87.7 cm³/mol. The average molecular weight is 298 g/mol. The molecule has 1 aliphatic rings. The van der Waals surface area contributed by atoms with Gasteiger partial charge in [-0.15, -0.1) is 0 Å². The topological polar surface area (TPSA) is 52.6 Å². The van der Waals surface area contributed by atoms with E-state index in [9.17, 15) is 4.79 Å². The van der Waals surface area contributed by atoms with Gasteiger partial charge in [-0.2, -0.15) is 0 Å². The van der Waals surface area contributed by atoms with Crippen LogP contribution in [0.15, 0.2) is 42.5 Å². The van der Waals surface area contributed by atoms with Gasteiger partial charge in [-0.3, -0.25) is 0 Å². The quantitative estimate of drug-likeness (QED) is 0.915. The standard InChI is InChI=1S/C18H22N2O2/c1-13(19-18(22)20-9-8-14(11-20)12-21)16-7-6-15-4-2-3-5-17(15)10-16/h2-7,10,13-14,21H,8-9,11-12H2,1H3,(H,19,22). The lowest BCUT2D eigenvalue weighted by molar-refractivity contribution is 0.195. The van der Waals surface area contributed by atoms with Crippen LogP contribution in [0, 0.1) is 5.92 Å². The number of urea groups is 1. The molecule has 0 radical (unpaired) electrons. The van der Waals surface area contributed by atoms with Gasteiger partial charge in [-0.1, -0.05) is 36.4 Å². The molecule has 4 nitrogen and oxygen atoms in total. The summed E-state index contributed by atoms with van der Waals surface area (Å²) < 4.78 is 0. The molecule has 2 atom stereocenters. The summed E-state index contributed by atoms with van der Waals surface area (Å²) in [5, 5.41) is 14.6. The number of hydrogen-bond acceptors (Lipinski definition) is 2. The number of nitrogens with zero attached hydrogens (tertiary/aromatic N) is 1. The van der Waals surface area contributed by atoms with E-state index in [4.69, 9.17) is 5.11 Å². The highest BCUT2D eigenvalue weighted by Gasteiger charge is 2.26. The fourth-order valence-corrected chi connectivity index (χ4v) is 3.00. The summed E-state index contributed by atoms with van der Waals surface area (Å²) in [7, 11) is 0. The van der Waals surface area contributed by atoms with Gasteiger partial charge in [0.15, 0.2) is 0 Å². The van der Waals surface area contributed by atoms with E-state index in [1.54, 1.807) is 4.90 Å². The molecule has 0 spiro atoms. The molecule has 2 aromatic carbocycles. The first-order valence-corrected chi connectivity index (χ1v) is 7.82. The normalized spacial score (nSPS) is 19.4. The van der Waals surface area contributed by atoms with Gasteiger partial charge in [0.25, 0.3) is 0 Å². The van der Waals surface area contributed by atoms with Crippen LogP contribution in [0.25, 0.3) is 10.8 Å². The number of nitrogens with one attached hydrogen (secondary N) is 1. The van der Waals surface area contributed by atoms with Crippen molar-refractivity contribution in [1.29, 1.82) is 0 Å². The van der Waals surface area contributed by atoms with Crippen molar-refractivity contribution in [3.8, 4) is 0 Å². The maximum atomic E-state index is 12.3.